The Morgan fingerprint density at radius 3 is 2.76 bits per heavy atom. The molecule has 3 heterocycles. The largest absolute Gasteiger partial charge is 0.349 e. The number of unbranched alkanes of at least 4 members (excludes halogenated alkanes) is 1. The molecule has 0 aliphatic heterocycles. The first kappa shape index (κ1) is 18.6. The summed E-state index contributed by atoms with van der Waals surface area (Å²) in [5.41, 5.74) is 2.06. The third-order valence-corrected chi connectivity index (χ3v) is 4.66. The van der Waals surface area contributed by atoms with Crippen molar-refractivity contribution in [3.63, 3.8) is 0 Å². The smallest absolute Gasteiger partial charge is 0.287 e. The van der Waals surface area contributed by atoms with Crippen LogP contribution in [-0.4, -0.2) is 32.7 Å². The van der Waals surface area contributed by atoms with Gasteiger partial charge in [-0.3, -0.25) is 19.0 Å². The van der Waals surface area contributed by atoms with E-state index in [0.29, 0.717) is 23.3 Å². The van der Waals surface area contributed by atoms with Crippen molar-refractivity contribution in [2.45, 2.75) is 19.8 Å². The molecule has 0 fully saturated rings. The molecule has 0 radical (unpaired) electrons. The Hall–Kier alpha value is -3.74. The quantitative estimate of drug-likeness (QED) is 0.494. The molecule has 2 amide bonds. The first-order chi connectivity index (χ1) is 14.2. The fourth-order valence-electron chi connectivity index (χ4n) is 3.21. The molecular formula is C22H21N5O2. The molecule has 7 heteroatoms. The molecule has 0 atom stereocenters. The van der Waals surface area contributed by atoms with Crippen LogP contribution in [0.25, 0.3) is 16.4 Å². The number of fused-ring (bicyclic) bond motifs is 2. The van der Waals surface area contributed by atoms with Gasteiger partial charge in [-0.2, -0.15) is 0 Å². The number of hydrogen-bond donors (Lipinski definition) is 2. The maximum Gasteiger partial charge on any atom is 0.287 e. The van der Waals surface area contributed by atoms with Gasteiger partial charge < -0.3 is 10.6 Å². The molecule has 4 aromatic rings. The summed E-state index contributed by atoms with van der Waals surface area (Å²) in [5, 5.41) is 6.67. The highest BCUT2D eigenvalue weighted by Crippen LogP contribution is 2.22. The van der Waals surface area contributed by atoms with Crippen LogP contribution in [0.1, 0.15) is 40.9 Å². The summed E-state index contributed by atoms with van der Waals surface area (Å²) >= 11 is 0. The minimum atomic E-state index is -0.389. The third-order valence-electron chi connectivity index (χ3n) is 4.66. The molecule has 3 aromatic heterocycles. The topological polar surface area (TPSA) is 88.4 Å². The number of aromatic nitrogens is 3. The van der Waals surface area contributed by atoms with Gasteiger partial charge in [0.1, 0.15) is 0 Å². The van der Waals surface area contributed by atoms with E-state index >= 15 is 0 Å². The van der Waals surface area contributed by atoms with Gasteiger partial charge in [-0.15, -0.1) is 0 Å². The SMILES string of the molecule is CCCCNC(=O)c1nc(C(=O)Nc2cccc3cccnc23)c2ccccn12. The summed E-state index contributed by atoms with van der Waals surface area (Å²) in [6.07, 6.45) is 5.28. The van der Waals surface area contributed by atoms with Gasteiger partial charge in [0.15, 0.2) is 5.69 Å². The lowest BCUT2D eigenvalue weighted by atomic mass is 10.2. The number of amides is 2. The lowest BCUT2D eigenvalue weighted by Crippen LogP contribution is -2.26. The second-order valence-electron chi connectivity index (χ2n) is 6.68. The number of nitrogens with zero attached hydrogens (tertiary/aromatic N) is 3. The zero-order valence-corrected chi connectivity index (χ0v) is 16.1. The van der Waals surface area contributed by atoms with Crippen LogP contribution in [0.2, 0.25) is 0 Å². The zero-order valence-electron chi connectivity index (χ0n) is 16.1. The van der Waals surface area contributed by atoms with E-state index in [-0.39, 0.29) is 23.3 Å². The number of carbonyl (C=O) groups is 2. The van der Waals surface area contributed by atoms with Crippen LogP contribution in [0.4, 0.5) is 5.69 Å². The van der Waals surface area contributed by atoms with Gasteiger partial charge >= 0.3 is 0 Å². The van der Waals surface area contributed by atoms with Crippen LogP contribution in [0, 0.1) is 0 Å². The number of anilines is 1. The highest BCUT2D eigenvalue weighted by atomic mass is 16.2. The van der Waals surface area contributed by atoms with Gasteiger partial charge in [0, 0.05) is 24.3 Å². The van der Waals surface area contributed by atoms with Crippen molar-refractivity contribution >= 4 is 33.9 Å². The number of pyridine rings is 2. The van der Waals surface area contributed by atoms with Crippen LogP contribution < -0.4 is 10.6 Å². The van der Waals surface area contributed by atoms with E-state index in [0.717, 1.165) is 18.2 Å². The van der Waals surface area contributed by atoms with Crippen LogP contribution in [0.3, 0.4) is 0 Å². The Labute approximate surface area is 167 Å². The van der Waals surface area contributed by atoms with Crippen LogP contribution in [0.5, 0.6) is 0 Å². The average Bonchev–Trinajstić information content (AvgIpc) is 3.14. The molecule has 29 heavy (non-hydrogen) atoms. The number of para-hydroxylation sites is 1. The van der Waals surface area contributed by atoms with Crippen LogP contribution >= 0.6 is 0 Å². The molecule has 146 valence electrons. The van der Waals surface area contributed by atoms with E-state index in [1.807, 2.05) is 30.3 Å². The summed E-state index contributed by atoms with van der Waals surface area (Å²) in [6.45, 7) is 2.63. The fraction of sp³-hybridized carbons (Fsp3) is 0.182. The second-order valence-corrected chi connectivity index (χ2v) is 6.68. The van der Waals surface area contributed by atoms with Gasteiger partial charge in [0.25, 0.3) is 11.8 Å². The van der Waals surface area contributed by atoms with Gasteiger partial charge in [-0.05, 0) is 30.7 Å². The van der Waals surface area contributed by atoms with Gasteiger partial charge in [-0.25, -0.2) is 4.98 Å². The lowest BCUT2D eigenvalue weighted by molar-refractivity contribution is 0.0942. The number of rotatable bonds is 6. The summed E-state index contributed by atoms with van der Waals surface area (Å²) in [4.78, 5) is 34.3. The minimum absolute atomic E-state index is 0.192. The van der Waals surface area contributed by atoms with Crippen molar-refractivity contribution in [2.75, 3.05) is 11.9 Å². The van der Waals surface area contributed by atoms with Crippen molar-refractivity contribution in [2.24, 2.45) is 0 Å². The van der Waals surface area contributed by atoms with E-state index in [1.54, 1.807) is 35.0 Å². The Kier molecular flexibility index (Phi) is 5.20. The molecule has 0 unspecified atom stereocenters. The Balaban J connectivity index is 1.68. The van der Waals surface area contributed by atoms with E-state index in [9.17, 15) is 9.59 Å². The molecule has 0 saturated carbocycles. The first-order valence-corrected chi connectivity index (χ1v) is 9.59. The second kappa shape index (κ2) is 8.10. The first-order valence-electron chi connectivity index (χ1n) is 9.59. The van der Waals surface area contributed by atoms with Crippen LogP contribution in [0.15, 0.2) is 60.9 Å². The van der Waals surface area contributed by atoms with E-state index < -0.39 is 0 Å². The van der Waals surface area contributed by atoms with Crippen molar-refractivity contribution in [3.8, 4) is 0 Å². The fourth-order valence-corrected chi connectivity index (χ4v) is 3.21. The number of nitrogens with one attached hydrogen (secondary N) is 2. The maximum atomic E-state index is 13.0. The Bertz CT molecular complexity index is 1190. The van der Waals surface area contributed by atoms with Crippen LogP contribution in [-0.2, 0) is 0 Å². The molecular weight excluding hydrogens is 366 g/mol. The lowest BCUT2D eigenvalue weighted by Gasteiger charge is -2.06. The Morgan fingerprint density at radius 1 is 1.03 bits per heavy atom. The Morgan fingerprint density at radius 2 is 1.90 bits per heavy atom. The maximum absolute atomic E-state index is 13.0. The normalized spacial score (nSPS) is 10.9. The van der Waals surface area contributed by atoms with Crippen molar-refractivity contribution in [3.05, 3.63) is 72.4 Å². The monoisotopic (exact) mass is 387 g/mol. The van der Waals surface area contributed by atoms with Crippen molar-refractivity contribution < 1.29 is 9.59 Å². The molecule has 0 spiro atoms. The number of hydrogen-bond acceptors (Lipinski definition) is 4. The average molecular weight is 387 g/mol. The summed E-state index contributed by atoms with van der Waals surface area (Å²) in [6, 6.07) is 14.7. The highest BCUT2D eigenvalue weighted by molar-refractivity contribution is 6.11. The minimum Gasteiger partial charge on any atom is -0.349 e. The number of benzene rings is 1. The van der Waals surface area contributed by atoms with Gasteiger partial charge in [-0.1, -0.05) is 37.6 Å². The summed E-state index contributed by atoms with van der Waals surface area (Å²) in [5.74, 6) is -0.497. The van der Waals surface area contributed by atoms with E-state index in [1.165, 1.54) is 0 Å². The van der Waals surface area contributed by atoms with Gasteiger partial charge in [0.05, 0.1) is 16.7 Å². The molecule has 1 aromatic carbocycles. The summed E-state index contributed by atoms with van der Waals surface area (Å²) < 4.78 is 1.64. The molecule has 4 rings (SSSR count). The zero-order chi connectivity index (χ0) is 20.2. The van der Waals surface area contributed by atoms with Gasteiger partial charge in [0.2, 0.25) is 5.82 Å². The highest BCUT2D eigenvalue weighted by Gasteiger charge is 2.21. The third kappa shape index (κ3) is 3.67. The molecule has 0 aliphatic carbocycles. The standard InChI is InChI=1S/C22H21N5O2/c1-2-3-12-24-22(29)20-26-19(17-11-4-5-14-27(17)20)21(28)25-16-10-6-8-15-9-7-13-23-18(15)16/h4-11,13-14H,2-3,12H2,1H3,(H,24,29)(H,25,28). The van der Waals surface area contributed by atoms with Crippen molar-refractivity contribution in [1.82, 2.24) is 19.7 Å². The molecule has 0 saturated heterocycles. The van der Waals surface area contributed by atoms with E-state index in [2.05, 4.69) is 27.5 Å². The van der Waals surface area contributed by atoms with Crippen molar-refractivity contribution in [1.29, 1.82) is 0 Å². The van der Waals surface area contributed by atoms with E-state index in [4.69, 9.17) is 0 Å². The molecule has 0 aliphatic rings. The predicted octanol–water partition coefficient (Wildman–Crippen LogP) is 3.66. The predicted molar refractivity (Wildman–Crippen MR) is 112 cm³/mol. The number of imidazole rings is 1. The molecule has 2 N–H and O–H groups in total. The summed E-state index contributed by atoms with van der Waals surface area (Å²) in [7, 11) is 0. The molecule has 7 nitrogen and oxygen atoms in total. The molecule has 0 bridgehead atoms. The number of carbonyl (C=O) groups excluding carboxylic acids is 2.